The Labute approximate surface area is 104 Å². The molecule has 0 aliphatic heterocycles. The first-order valence-corrected chi connectivity index (χ1v) is 5.58. The van der Waals surface area contributed by atoms with Crippen LogP contribution in [0.15, 0.2) is 24.4 Å². The van der Waals surface area contributed by atoms with Gasteiger partial charge >= 0.3 is 5.97 Å². The molecular weight excluding hydrogens is 240 g/mol. The van der Waals surface area contributed by atoms with Crippen molar-refractivity contribution in [2.75, 3.05) is 0 Å². The van der Waals surface area contributed by atoms with Gasteiger partial charge in [-0.25, -0.2) is 0 Å². The molecule has 1 heterocycles. The summed E-state index contributed by atoms with van der Waals surface area (Å²) >= 11 is 6.08. The highest BCUT2D eigenvalue weighted by Crippen LogP contribution is 2.26. The largest absolute Gasteiger partial charge is 0.480 e. The molecule has 0 aliphatic carbocycles. The second-order valence-electron chi connectivity index (χ2n) is 4.09. The second kappa shape index (κ2) is 4.39. The number of carbonyl (C=O) groups is 1. The Hall–Kier alpha value is -1.52. The lowest BCUT2D eigenvalue weighted by atomic mass is 10.1. The van der Waals surface area contributed by atoms with Crippen LogP contribution in [0.25, 0.3) is 10.9 Å². The summed E-state index contributed by atoms with van der Waals surface area (Å²) in [6.45, 7) is 0. The van der Waals surface area contributed by atoms with Crippen LogP contribution in [0, 0.1) is 0 Å². The zero-order chi connectivity index (χ0) is 12.6. The third kappa shape index (κ3) is 2.28. The van der Waals surface area contributed by atoms with Gasteiger partial charge in [0.25, 0.3) is 0 Å². The number of carboxylic acid groups (broad SMARTS) is 1. The minimum atomic E-state index is -0.996. The van der Waals surface area contributed by atoms with E-state index >= 15 is 0 Å². The first-order valence-electron chi connectivity index (χ1n) is 5.21. The van der Waals surface area contributed by atoms with E-state index in [2.05, 4.69) is 0 Å². The van der Waals surface area contributed by atoms with Gasteiger partial charge in [-0.3, -0.25) is 4.79 Å². The number of benzene rings is 1. The lowest BCUT2D eigenvalue weighted by molar-refractivity contribution is -0.138. The molecule has 0 aliphatic rings. The average Bonchev–Trinajstić information content (AvgIpc) is 2.54. The first-order chi connectivity index (χ1) is 7.99. The lowest BCUT2D eigenvalue weighted by Gasteiger charge is -2.06. The van der Waals surface area contributed by atoms with Crippen molar-refractivity contribution in [3.8, 4) is 0 Å². The fourth-order valence-electron chi connectivity index (χ4n) is 1.86. The van der Waals surface area contributed by atoms with Crippen LogP contribution < -0.4 is 5.73 Å². The SMILES string of the molecule is Cn1cc(Cl)c2cc(CC(N)C(=O)O)ccc21. The molecule has 0 amide bonds. The Balaban J connectivity index is 2.38. The number of rotatable bonds is 3. The molecule has 0 saturated heterocycles. The van der Waals surface area contributed by atoms with Crippen LogP contribution in [0.3, 0.4) is 0 Å². The molecule has 0 radical (unpaired) electrons. The van der Waals surface area contributed by atoms with Gasteiger partial charge in [-0.1, -0.05) is 17.7 Å². The van der Waals surface area contributed by atoms with E-state index in [9.17, 15) is 4.79 Å². The highest BCUT2D eigenvalue weighted by Gasteiger charge is 2.13. The zero-order valence-electron chi connectivity index (χ0n) is 9.35. The molecule has 3 N–H and O–H groups in total. The fourth-order valence-corrected chi connectivity index (χ4v) is 2.16. The van der Waals surface area contributed by atoms with Crippen LogP contribution in [0.4, 0.5) is 0 Å². The van der Waals surface area contributed by atoms with E-state index < -0.39 is 12.0 Å². The number of aliphatic carboxylic acids is 1. The van der Waals surface area contributed by atoms with Gasteiger partial charge in [0.15, 0.2) is 0 Å². The van der Waals surface area contributed by atoms with E-state index in [-0.39, 0.29) is 0 Å². The van der Waals surface area contributed by atoms with Crippen LogP contribution in [-0.4, -0.2) is 21.7 Å². The molecule has 1 aromatic carbocycles. The smallest absolute Gasteiger partial charge is 0.320 e. The molecule has 0 spiro atoms. The van der Waals surface area contributed by atoms with Crippen molar-refractivity contribution in [2.24, 2.45) is 12.8 Å². The molecular formula is C12H13ClN2O2. The summed E-state index contributed by atoms with van der Waals surface area (Å²) in [7, 11) is 1.91. The van der Waals surface area contributed by atoms with Crippen molar-refractivity contribution in [1.82, 2.24) is 4.57 Å². The summed E-state index contributed by atoms with van der Waals surface area (Å²) in [5.74, 6) is -0.996. The quantitative estimate of drug-likeness (QED) is 0.875. The first kappa shape index (κ1) is 12.0. The van der Waals surface area contributed by atoms with Gasteiger partial charge in [-0.15, -0.1) is 0 Å². The third-order valence-corrected chi connectivity index (χ3v) is 3.08. The Morgan fingerprint density at radius 1 is 1.59 bits per heavy atom. The van der Waals surface area contributed by atoms with Crippen LogP contribution in [0.2, 0.25) is 5.02 Å². The van der Waals surface area contributed by atoms with Crippen LogP contribution >= 0.6 is 11.6 Å². The topological polar surface area (TPSA) is 68.2 Å². The molecule has 17 heavy (non-hydrogen) atoms. The van der Waals surface area contributed by atoms with Gasteiger partial charge in [0, 0.05) is 24.1 Å². The summed E-state index contributed by atoms with van der Waals surface area (Å²) in [6.07, 6.45) is 2.13. The predicted octanol–water partition coefficient (Wildman–Crippen LogP) is 1.79. The van der Waals surface area contributed by atoms with Crippen LogP contribution in [0.1, 0.15) is 5.56 Å². The van der Waals surface area contributed by atoms with Crippen molar-refractivity contribution >= 4 is 28.5 Å². The molecule has 1 aromatic heterocycles. The summed E-state index contributed by atoms with van der Waals surface area (Å²) in [6, 6.07) is 4.81. The van der Waals surface area contributed by atoms with Crippen molar-refractivity contribution < 1.29 is 9.90 Å². The van der Waals surface area contributed by atoms with Crippen LogP contribution in [-0.2, 0) is 18.3 Å². The van der Waals surface area contributed by atoms with E-state index in [1.807, 2.05) is 36.0 Å². The minimum Gasteiger partial charge on any atom is -0.480 e. The normalized spacial score (nSPS) is 12.9. The number of hydrogen-bond donors (Lipinski definition) is 2. The standard InChI is InChI=1S/C12H13ClN2O2/c1-15-6-9(13)8-4-7(2-3-11(8)15)5-10(14)12(16)17/h2-4,6,10H,5,14H2,1H3,(H,16,17). The molecule has 2 aromatic rings. The van der Waals surface area contributed by atoms with Gasteiger partial charge in [0.05, 0.1) is 5.02 Å². The Morgan fingerprint density at radius 2 is 2.29 bits per heavy atom. The van der Waals surface area contributed by atoms with Gasteiger partial charge in [0.2, 0.25) is 0 Å². The molecule has 4 nitrogen and oxygen atoms in total. The summed E-state index contributed by atoms with van der Waals surface area (Å²) in [5, 5.41) is 10.3. The van der Waals surface area contributed by atoms with Crippen LogP contribution in [0.5, 0.6) is 0 Å². The molecule has 0 fully saturated rings. The summed E-state index contributed by atoms with van der Waals surface area (Å²) < 4.78 is 1.93. The van der Waals surface area contributed by atoms with Crippen molar-refractivity contribution in [3.63, 3.8) is 0 Å². The zero-order valence-corrected chi connectivity index (χ0v) is 10.1. The maximum atomic E-state index is 10.7. The number of nitrogens with zero attached hydrogens (tertiary/aromatic N) is 1. The van der Waals surface area contributed by atoms with Gasteiger partial charge in [-0.05, 0) is 24.1 Å². The fraction of sp³-hybridized carbons (Fsp3) is 0.250. The van der Waals surface area contributed by atoms with E-state index in [0.717, 1.165) is 16.5 Å². The maximum Gasteiger partial charge on any atom is 0.320 e. The molecule has 0 bridgehead atoms. The summed E-state index contributed by atoms with van der Waals surface area (Å²) in [4.78, 5) is 10.7. The molecule has 2 rings (SSSR count). The van der Waals surface area contributed by atoms with Gasteiger partial charge in [0.1, 0.15) is 6.04 Å². The number of fused-ring (bicyclic) bond motifs is 1. The lowest BCUT2D eigenvalue weighted by Crippen LogP contribution is -2.32. The van der Waals surface area contributed by atoms with E-state index in [1.165, 1.54) is 0 Å². The van der Waals surface area contributed by atoms with E-state index in [0.29, 0.717) is 11.4 Å². The van der Waals surface area contributed by atoms with Gasteiger partial charge in [-0.2, -0.15) is 0 Å². The summed E-state index contributed by atoms with van der Waals surface area (Å²) in [5.41, 5.74) is 7.39. The number of halogens is 1. The Morgan fingerprint density at radius 3 is 2.94 bits per heavy atom. The minimum absolute atomic E-state index is 0.302. The Kier molecular flexibility index (Phi) is 3.09. The highest BCUT2D eigenvalue weighted by atomic mass is 35.5. The monoisotopic (exact) mass is 252 g/mol. The van der Waals surface area contributed by atoms with Gasteiger partial charge < -0.3 is 15.4 Å². The maximum absolute atomic E-state index is 10.7. The molecule has 1 unspecified atom stereocenters. The van der Waals surface area contributed by atoms with Crippen molar-refractivity contribution in [1.29, 1.82) is 0 Å². The van der Waals surface area contributed by atoms with Crippen molar-refractivity contribution in [3.05, 3.63) is 35.0 Å². The number of aromatic nitrogens is 1. The third-order valence-electron chi connectivity index (χ3n) is 2.78. The number of nitrogens with two attached hydrogens (primary N) is 1. The van der Waals surface area contributed by atoms with E-state index in [4.69, 9.17) is 22.4 Å². The molecule has 90 valence electrons. The Bertz CT molecular complexity index is 577. The molecule has 0 saturated carbocycles. The highest BCUT2D eigenvalue weighted by molar-refractivity contribution is 6.35. The molecule has 1 atom stereocenters. The average molecular weight is 253 g/mol. The number of carboxylic acids is 1. The molecule has 5 heteroatoms. The van der Waals surface area contributed by atoms with E-state index in [1.54, 1.807) is 0 Å². The predicted molar refractivity (Wildman–Crippen MR) is 67.2 cm³/mol. The van der Waals surface area contributed by atoms with Crippen molar-refractivity contribution in [2.45, 2.75) is 12.5 Å². The number of aryl methyl sites for hydroxylation is 1. The second-order valence-corrected chi connectivity index (χ2v) is 4.50. The number of hydrogen-bond acceptors (Lipinski definition) is 2.